The number of hydrogen-bond acceptors (Lipinski definition) is 18. The lowest BCUT2D eigenvalue weighted by Crippen LogP contribution is -2.16. The number of esters is 6. The molecule has 0 radical (unpaired) electrons. The van der Waals surface area contributed by atoms with Crippen LogP contribution in [0.15, 0.2) is 36.4 Å². The fourth-order valence-corrected chi connectivity index (χ4v) is 12.7. The van der Waals surface area contributed by atoms with Crippen molar-refractivity contribution in [2.75, 3.05) is 69.0 Å². The van der Waals surface area contributed by atoms with Gasteiger partial charge in [0.1, 0.15) is 0 Å². The summed E-state index contributed by atoms with van der Waals surface area (Å²) in [5.41, 5.74) is 0. The van der Waals surface area contributed by atoms with E-state index in [-0.39, 0.29) is 69.0 Å². The van der Waals surface area contributed by atoms with E-state index in [9.17, 15) is 28.8 Å². The molecule has 0 N–H and O–H groups in total. The zero-order valence-corrected chi connectivity index (χ0v) is 51.9. The highest BCUT2D eigenvalue weighted by atomic mass is 32.2. The molecule has 0 aromatic heterocycles. The first-order valence-electron chi connectivity index (χ1n) is 28.2. The van der Waals surface area contributed by atoms with Gasteiger partial charge in [-0.25, -0.2) is 0 Å². The van der Waals surface area contributed by atoms with Crippen molar-refractivity contribution in [2.45, 2.75) is 157 Å². The molecule has 0 saturated heterocycles. The van der Waals surface area contributed by atoms with Crippen LogP contribution in [-0.4, -0.2) is 105 Å². The minimum absolute atomic E-state index is 0.00185. The molecule has 78 heavy (non-hydrogen) atoms. The Morgan fingerprint density at radius 2 is 0.397 bits per heavy atom. The molecule has 0 heterocycles. The maximum atomic E-state index is 13.7. The lowest BCUT2D eigenvalue weighted by Gasteiger charge is -2.19. The van der Waals surface area contributed by atoms with E-state index in [1.165, 1.54) is 70.6 Å². The Morgan fingerprint density at radius 3 is 0.526 bits per heavy atom. The van der Waals surface area contributed by atoms with Crippen molar-refractivity contribution in [1.82, 2.24) is 0 Å². The first kappa shape index (κ1) is 67.1. The molecule has 0 aliphatic rings. The van der Waals surface area contributed by atoms with Crippen molar-refractivity contribution in [3.8, 4) is 34.5 Å². The smallest absolute Gasteiger partial charge is 0.321 e. The summed E-state index contributed by atoms with van der Waals surface area (Å²) in [6.45, 7) is 12.7. The van der Waals surface area contributed by atoms with E-state index in [0.717, 1.165) is 150 Å². The van der Waals surface area contributed by atoms with E-state index < -0.39 is 35.8 Å². The molecule has 0 saturated carbocycles. The molecule has 0 aliphatic heterocycles. The van der Waals surface area contributed by atoms with E-state index in [1.54, 1.807) is 36.4 Å². The Hall–Kier alpha value is -3.42. The Kier molecular flexibility index (Phi) is 34.3. The summed E-state index contributed by atoms with van der Waals surface area (Å²) in [6.07, 6.45) is 18.2. The lowest BCUT2D eigenvalue weighted by molar-refractivity contribution is -0.134. The number of rotatable bonds is 42. The van der Waals surface area contributed by atoms with Gasteiger partial charge in [0.05, 0.1) is 34.5 Å². The highest BCUT2D eigenvalue weighted by Gasteiger charge is 2.25. The average molecular weight is 1190 g/mol. The third-order valence-electron chi connectivity index (χ3n) is 12.1. The van der Waals surface area contributed by atoms with Crippen LogP contribution in [0.5, 0.6) is 34.5 Å². The largest absolute Gasteiger partial charge is 0.422 e. The van der Waals surface area contributed by atoms with Crippen molar-refractivity contribution in [3.63, 3.8) is 0 Å². The minimum Gasteiger partial charge on any atom is -0.422 e. The predicted octanol–water partition coefficient (Wildman–Crippen LogP) is 16.1. The second kappa shape index (κ2) is 39.9. The zero-order valence-electron chi connectivity index (χ0n) is 47.0. The monoisotopic (exact) mass is 1190 g/mol. The zero-order chi connectivity index (χ0) is 56.3. The molecule has 0 bridgehead atoms. The number of thioether (sulfide) groups is 6. The van der Waals surface area contributed by atoms with E-state index >= 15 is 0 Å². The van der Waals surface area contributed by atoms with Crippen LogP contribution in [0, 0.1) is 0 Å². The van der Waals surface area contributed by atoms with Crippen LogP contribution in [0.4, 0.5) is 0 Å². The van der Waals surface area contributed by atoms with Gasteiger partial charge >= 0.3 is 35.8 Å². The Bertz CT molecular complexity index is 2050. The number of hydrogen-bond donors (Lipinski definition) is 0. The Balaban J connectivity index is 2.05. The normalized spacial score (nSPS) is 11.3. The van der Waals surface area contributed by atoms with Gasteiger partial charge in [0.15, 0.2) is 34.5 Å². The molecular formula is C60H84O12S6. The molecule has 0 spiro atoms. The number of fused-ring (bicyclic) bond motifs is 6. The third-order valence-corrected chi connectivity index (χ3v) is 18.2. The van der Waals surface area contributed by atoms with Gasteiger partial charge in [-0.05, 0) is 142 Å². The standard InChI is InChI=1S/C60H84O12S6/c1-7-13-19-25-73-37-55(61)67-49-31-43-44(32-50(49)68-56(62)38-74-26-20-14-8-2)46-34-52(70-58(64)40-76-28-22-16-10-4)54(72-60(66)42-78-30-24-18-12-6)36-48(46)47-35-53(71-59(65)41-77-29-23-17-11-5)51(33-45(43)47)69-57(63)39-75-27-21-15-9-3/h31-36H,7-30,37-42H2,1-6H3. The van der Waals surface area contributed by atoms with Gasteiger partial charge in [-0.1, -0.05) is 119 Å². The topological polar surface area (TPSA) is 158 Å². The van der Waals surface area contributed by atoms with Crippen LogP contribution < -0.4 is 28.4 Å². The van der Waals surface area contributed by atoms with Crippen molar-refractivity contribution >= 4 is 139 Å². The van der Waals surface area contributed by atoms with Crippen LogP contribution in [0.1, 0.15) is 157 Å². The number of ether oxygens (including phenoxy) is 6. The second-order valence-corrected chi connectivity index (χ2v) is 25.6. The quantitative estimate of drug-likeness (QED) is 0.0178. The van der Waals surface area contributed by atoms with Crippen molar-refractivity contribution in [3.05, 3.63) is 36.4 Å². The molecule has 0 atom stereocenters. The molecule has 0 aliphatic carbocycles. The highest BCUT2D eigenvalue weighted by molar-refractivity contribution is 8.01. The fraction of sp³-hybridized carbons (Fsp3) is 0.600. The van der Waals surface area contributed by atoms with Crippen molar-refractivity contribution in [1.29, 1.82) is 0 Å². The van der Waals surface area contributed by atoms with Crippen molar-refractivity contribution in [2.24, 2.45) is 0 Å². The maximum Gasteiger partial charge on any atom is 0.321 e. The number of carbonyl (C=O) groups is 6. The van der Waals surface area contributed by atoms with E-state index in [2.05, 4.69) is 41.5 Å². The summed E-state index contributed by atoms with van der Waals surface area (Å²) in [7, 11) is 0. The number of benzene rings is 4. The first-order valence-corrected chi connectivity index (χ1v) is 35.1. The second-order valence-electron chi connectivity index (χ2n) is 18.9. The van der Waals surface area contributed by atoms with Gasteiger partial charge in [-0.15, -0.1) is 0 Å². The van der Waals surface area contributed by atoms with E-state index in [0.29, 0.717) is 32.3 Å². The third kappa shape index (κ3) is 24.7. The maximum absolute atomic E-state index is 13.7. The summed E-state index contributed by atoms with van der Waals surface area (Å²) < 4.78 is 36.6. The molecule has 432 valence electrons. The molecule has 4 aromatic rings. The summed E-state index contributed by atoms with van der Waals surface area (Å²) in [5.74, 6) is 1.83. The van der Waals surface area contributed by atoms with E-state index in [4.69, 9.17) is 28.4 Å². The number of carbonyl (C=O) groups excluding carboxylic acids is 6. The molecule has 0 fully saturated rings. The summed E-state index contributed by atoms with van der Waals surface area (Å²) in [6, 6.07) is 9.77. The Morgan fingerprint density at radius 1 is 0.256 bits per heavy atom. The molecule has 18 heteroatoms. The van der Waals surface area contributed by atoms with Gasteiger partial charge in [-0.3, -0.25) is 28.8 Å². The average Bonchev–Trinajstić information content (AvgIpc) is 3.58. The molecule has 0 amide bonds. The van der Waals surface area contributed by atoms with E-state index in [1.807, 2.05) is 0 Å². The van der Waals surface area contributed by atoms with Crippen LogP contribution in [0.25, 0.3) is 32.3 Å². The SMILES string of the molecule is CCCCCSCC(=O)Oc1cc2c3cc(OC(=O)CSCCCCC)c(OC(=O)CSCCCCC)cc3c3cc(OC(=O)CSCCCCC)c(OC(=O)CSCCCCC)cc3c2cc1OC(=O)CSCCCCC. The Labute approximate surface area is 489 Å². The number of unbranched alkanes of at least 4 members (excludes halogenated alkanes) is 12. The molecular weight excluding hydrogens is 1110 g/mol. The van der Waals surface area contributed by atoms with Gasteiger partial charge in [0.2, 0.25) is 0 Å². The molecule has 12 nitrogen and oxygen atoms in total. The van der Waals surface area contributed by atoms with Crippen LogP contribution in [-0.2, 0) is 28.8 Å². The molecule has 4 aromatic carbocycles. The summed E-state index contributed by atoms with van der Waals surface area (Å²) in [4.78, 5) is 82.1. The van der Waals surface area contributed by atoms with Crippen LogP contribution in [0.2, 0.25) is 0 Å². The highest BCUT2D eigenvalue weighted by Crippen LogP contribution is 2.47. The fourth-order valence-electron chi connectivity index (χ4n) is 8.07. The molecule has 4 rings (SSSR count). The minimum atomic E-state index is -0.531. The predicted molar refractivity (Wildman–Crippen MR) is 334 cm³/mol. The lowest BCUT2D eigenvalue weighted by atomic mass is 9.93. The van der Waals surface area contributed by atoms with Crippen LogP contribution >= 0.6 is 70.6 Å². The van der Waals surface area contributed by atoms with Crippen LogP contribution in [0.3, 0.4) is 0 Å². The summed E-state index contributed by atoms with van der Waals surface area (Å²) in [5, 5.41) is 2.90. The first-order chi connectivity index (χ1) is 38.0. The van der Waals surface area contributed by atoms with Crippen molar-refractivity contribution < 1.29 is 57.2 Å². The van der Waals surface area contributed by atoms with Gasteiger partial charge < -0.3 is 28.4 Å². The van der Waals surface area contributed by atoms with Gasteiger partial charge in [0, 0.05) is 0 Å². The molecule has 0 unspecified atom stereocenters. The summed E-state index contributed by atoms with van der Waals surface area (Å²) >= 11 is 8.79. The van der Waals surface area contributed by atoms with Gasteiger partial charge in [0.25, 0.3) is 0 Å². The van der Waals surface area contributed by atoms with Gasteiger partial charge in [-0.2, -0.15) is 70.6 Å².